The lowest BCUT2D eigenvalue weighted by Crippen LogP contribution is -2.33. The van der Waals surface area contributed by atoms with Gasteiger partial charge in [0.2, 0.25) is 0 Å². The highest BCUT2D eigenvalue weighted by molar-refractivity contribution is 9.09. The van der Waals surface area contributed by atoms with E-state index < -0.39 is 17.3 Å². The van der Waals surface area contributed by atoms with Crippen molar-refractivity contribution < 1.29 is 13.2 Å². The van der Waals surface area contributed by atoms with Crippen molar-refractivity contribution in [1.82, 2.24) is 4.57 Å². The van der Waals surface area contributed by atoms with Gasteiger partial charge < -0.3 is 4.57 Å². The Hall–Kier alpha value is -0.780. The smallest absolute Gasteiger partial charge is 0.314 e. The number of alkyl halides is 4. The van der Waals surface area contributed by atoms with Crippen molar-refractivity contribution in [3.63, 3.8) is 0 Å². The van der Waals surface area contributed by atoms with Crippen molar-refractivity contribution in [3.8, 4) is 0 Å². The Morgan fingerprint density at radius 2 is 1.79 bits per heavy atom. The number of pyridine rings is 1. The number of halogens is 4. The molecule has 6 heteroatoms. The van der Waals surface area contributed by atoms with E-state index in [4.69, 9.17) is 0 Å². The number of hydrogen-bond donors (Lipinski definition) is 0. The van der Waals surface area contributed by atoms with Crippen molar-refractivity contribution in [2.75, 3.05) is 5.33 Å². The van der Waals surface area contributed by atoms with Gasteiger partial charge in [-0.15, -0.1) is 0 Å². The van der Waals surface area contributed by atoms with Crippen LogP contribution in [0.15, 0.2) is 23.1 Å². The summed E-state index contributed by atoms with van der Waals surface area (Å²) in [4.78, 5) is 11.7. The molecule has 1 aromatic rings. The molecule has 0 radical (unpaired) electrons. The van der Waals surface area contributed by atoms with Crippen LogP contribution in [-0.2, 0) is 12.7 Å². The lowest BCUT2D eigenvalue weighted by Gasteiger charge is -2.30. The molecule has 0 aliphatic rings. The molecule has 0 aromatic carbocycles. The molecule has 1 rings (SSSR count). The molecule has 0 unspecified atom stereocenters. The molecule has 19 heavy (non-hydrogen) atoms. The van der Waals surface area contributed by atoms with E-state index in [1.165, 1.54) is 0 Å². The monoisotopic (exact) mass is 339 g/mol. The molecule has 0 spiro atoms. The SMILES string of the molecule is CCC(CC)(CBr)Cn1cc(C(F)(F)F)ccc1=O. The summed E-state index contributed by atoms with van der Waals surface area (Å²) in [5.41, 5.74) is -1.39. The zero-order valence-corrected chi connectivity index (χ0v) is 12.5. The second kappa shape index (κ2) is 6.11. The van der Waals surface area contributed by atoms with E-state index in [0.717, 1.165) is 35.7 Å². The Bertz CT molecular complexity index is 469. The van der Waals surface area contributed by atoms with Crippen LogP contribution in [0.2, 0.25) is 0 Å². The van der Waals surface area contributed by atoms with Crippen molar-refractivity contribution >= 4 is 15.9 Å². The van der Waals surface area contributed by atoms with Gasteiger partial charge in [0.15, 0.2) is 0 Å². The molecule has 0 aliphatic carbocycles. The Labute approximate surface area is 118 Å². The maximum Gasteiger partial charge on any atom is 0.417 e. The van der Waals surface area contributed by atoms with Gasteiger partial charge in [-0.05, 0) is 24.3 Å². The first-order valence-corrected chi connectivity index (χ1v) is 7.24. The highest BCUT2D eigenvalue weighted by atomic mass is 79.9. The van der Waals surface area contributed by atoms with E-state index in [1.54, 1.807) is 0 Å². The summed E-state index contributed by atoms with van der Waals surface area (Å²) in [6.45, 7) is 4.24. The highest BCUT2D eigenvalue weighted by Gasteiger charge is 2.32. The number of hydrogen-bond acceptors (Lipinski definition) is 1. The van der Waals surface area contributed by atoms with Gasteiger partial charge in [0.25, 0.3) is 5.56 Å². The van der Waals surface area contributed by atoms with Crippen molar-refractivity contribution in [2.45, 2.75) is 39.4 Å². The third kappa shape index (κ3) is 3.84. The zero-order valence-electron chi connectivity index (χ0n) is 10.9. The van der Waals surface area contributed by atoms with Crippen LogP contribution in [0, 0.1) is 5.41 Å². The summed E-state index contributed by atoms with van der Waals surface area (Å²) in [5.74, 6) is 0. The molecule has 2 nitrogen and oxygen atoms in total. The topological polar surface area (TPSA) is 22.0 Å². The van der Waals surface area contributed by atoms with Gasteiger partial charge in [-0.1, -0.05) is 29.8 Å². The fourth-order valence-electron chi connectivity index (χ4n) is 1.89. The minimum absolute atomic E-state index is 0.200. The van der Waals surface area contributed by atoms with E-state index in [1.807, 2.05) is 13.8 Å². The van der Waals surface area contributed by atoms with Gasteiger partial charge in [0, 0.05) is 24.1 Å². The number of nitrogens with zero attached hydrogens (tertiary/aromatic N) is 1. The first-order valence-electron chi connectivity index (χ1n) is 6.11. The van der Waals surface area contributed by atoms with Gasteiger partial charge in [0.05, 0.1) is 5.56 Å². The molecule has 0 saturated carbocycles. The van der Waals surface area contributed by atoms with Gasteiger partial charge in [-0.25, -0.2) is 0 Å². The number of aromatic nitrogens is 1. The lowest BCUT2D eigenvalue weighted by molar-refractivity contribution is -0.138. The van der Waals surface area contributed by atoms with Crippen LogP contribution in [0.3, 0.4) is 0 Å². The lowest BCUT2D eigenvalue weighted by atomic mass is 9.84. The molecule has 0 atom stereocenters. The van der Waals surface area contributed by atoms with E-state index in [-0.39, 0.29) is 12.0 Å². The van der Waals surface area contributed by atoms with Gasteiger partial charge in [-0.2, -0.15) is 13.2 Å². The van der Waals surface area contributed by atoms with Gasteiger partial charge in [0.1, 0.15) is 0 Å². The predicted molar refractivity (Wildman–Crippen MR) is 72.5 cm³/mol. The number of rotatable bonds is 5. The second-order valence-corrected chi connectivity index (χ2v) is 5.28. The predicted octanol–water partition coefficient (Wildman–Crippen LogP) is 4.07. The van der Waals surface area contributed by atoms with Crippen molar-refractivity contribution in [2.24, 2.45) is 5.41 Å². The third-order valence-electron chi connectivity index (χ3n) is 3.60. The van der Waals surface area contributed by atoms with Crippen LogP contribution in [0.1, 0.15) is 32.3 Å². The van der Waals surface area contributed by atoms with Crippen molar-refractivity contribution in [3.05, 3.63) is 34.2 Å². The average Bonchev–Trinajstić information content (AvgIpc) is 2.37. The Morgan fingerprint density at radius 3 is 2.21 bits per heavy atom. The molecule has 1 aromatic heterocycles. The first-order chi connectivity index (χ1) is 8.78. The molecule has 0 bridgehead atoms. The molecular weight excluding hydrogens is 323 g/mol. The maximum atomic E-state index is 12.7. The summed E-state index contributed by atoms with van der Waals surface area (Å²) in [7, 11) is 0. The van der Waals surface area contributed by atoms with Gasteiger partial charge in [-0.3, -0.25) is 4.79 Å². The standard InChI is InChI=1S/C13H17BrF3NO/c1-3-12(4-2,8-14)9-18-7-10(13(15,16)17)5-6-11(18)19/h5-7H,3-4,8-9H2,1-2H3. The van der Waals surface area contributed by atoms with Crippen LogP contribution in [-0.4, -0.2) is 9.90 Å². The van der Waals surface area contributed by atoms with Crippen LogP contribution in [0.25, 0.3) is 0 Å². The molecular formula is C13H17BrF3NO. The van der Waals surface area contributed by atoms with Crippen LogP contribution >= 0.6 is 15.9 Å². The highest BCUT2D eigenvalue weighted by Crippen LogP contribution is 2.32. The summed E-state index contributed by atoms with van der Waals surface area (Å²) in [5, 5.41) is 0.648. The van der Waals surface area contributed by atoms with Crippen LogP contribution in [0.5, 0.6) is 0 Å². The van der Waals surface area contributed by atoms with E-state index >= 15 is 0 Å². The van der Waals surface area contributed by atoms with Crippen molar-refractivity contribution in [1.29, 1.82) is 0 Å². The third-order valence-corrected chi connectivity index (χ3v) is 4.79. The normalized spacial score (nSPS) is 12.7. The molecule has 108 valence electrons. The van der Waals surface area contributed by atoms with E-state index in [2.05, 4.69) is 15.9 Å². The summed E-state index contributed by atoms with van der Waals surface area (Å²) >= 11 is 3.40. The molecule has 0 fully saturated rings. The minimum atomic E-state index is -4.43. The largest absolute Gasteiger partial charge is 0.417 e. The molecule has 0 amide bonds. The zero-order chi connectivity index (χ0) is 14.7. The van der Waals surface area contributed by atoms with Crippen LogP contribution in [0.4, 0.5) is 13.2 Å². The maximum absolute atomic E-state index is 12.7. The Kier molecular flexibility index (Phi) is 5.24. The Balaban J connectivity index is 3.17. The molecule has 1 heterocycles. The molecule has 0 N–H and O–H groups in total. The van der Waals surface area contributed by atoms with E-state index in [0.29, 0.717) is 5.33 Å². The molecule has 0 aliphatic heterocycles. The summed E-state index contributed by atoms with van der Waals surface area (Å²) in [6, 6.07) is 1.81. The quantitative estimate of drug-likeness (QED) is 0.741. The Morgan fingerprint density at radius 1 is 1.21 bits per heavy atom. The van der Waals surface area contributed by atoms with Gasteiger partial charge >= 0.3 is 6.18 Å². The fourth-order valence-corrected chi connectivity index (χ4v) is 2.86. The average molecular weight is 340 g/mol. The molecule has 0 saturated heterocycles. The fraction of sp³-hybridized carbons (Fsp3) is 0.615. The first kappa shape index (κ1) is 16.3. The summed E-state index contributed by atoms with van der Waals surface area (Å²) < 4.78 is 39.1. The second-order valence-electron chi connectivity index (χ2n) is 4.72. The van der Waals surface area contributed by atoms with Crippen LogP contribution < -0.4 is 5.56 Å². The summed E-state index contributed by atoms with van der Waals surface area (Å²) in [6.07, 6.45) is -1.94. The minimum Gasteiger partial charge on any atom is -0.314 e. The van der Waals surface area contributed by atoms with E-state index in [9.17, 15) is 18.0 Å².